The molecule has 0 bridgehead atoms. The molecule has 0 fully saturated rings. The minimum absolute atomic E-state index is 0.405. The largest absolute Gasteiger partial charge is 0.481 e. The fraction of sp³-hybridized carbons (Fsp3) is 0.125. The number of carboxylic acids is 1. The van der Waals surface area contributed by atoms with E-state index in [4.69, 9.17) is 9.84 Å². The van der Waals surface area contributed by atoms with Crippen LogP contribution in [0, 0.1) is 0 Å². The monoisotopic (exact) mass is 283 g/mol. The van der Waals surface area contributed by atoms with Gasteiger partial charge in [0.1, 0.15) is 17.9 Å². The molecule has 106 valence electrons. The number of carboxylic acid groups (broad SMARTS) is 1. The van der Waals surface area contributed by atoms with Crippen LogP contribution in [0.15, 0.2) is 48.5 Å². The highest BCUT2D eigenvalue weighted by atomic mass is 16.5. The number of para-hydroxylation sites is 2. The number of carbonyl (C=O) groups excluding carboxylic acids is 1. The number of hydrogen-bond acceptors (Lipinski definition) is 3. The van der Waals surface area contributed by atoms with Crippen molar-refractivity contribution in [2.75, 3.05) is 0 Å². The summed E-state index contributed by atoms with van der Waals surface area (Å²) in [6.45, 7) is 0. The summed E-state index contributed by atoms with van der Waals surface area (Å²) in [6.07, 6.45) is -0.554. The number of nitrogens with one attached hydrogen (secondary N) is 1. The summed E-state index contributed by atoms with van der Waals surface area (Å²) in [4.78, 5) is 22.5. The van der Waals surface area contributed by atoms with Gasteiger partial charge in [-0.05, 0) is 12.1 Å². The second-order valence-electron chi connectivity index (χ2n) is 4.75. The second kappa shape index (κ2) is 5.28. The standard InChI is InChI=1S/C16H13NO4/c18-14(9-15(19)20)17-16-10-5-1-3-7-12(10)21-13-8-4-2-6-11(13)16/h1-8,16H,9H2,(H,17,18)(H,19,20). The summed E-state index contributed by atoms with van der Waals surface area (Å²) in [5.74, 6) is -0.353. The second-order valence-corrected chi connectivity index (χ2v) is 4.75. The first kappa shape index (κ1) is 13.2. The molecule has 2 N–H and O–H groups in total. The number of fused-ring (bicyclic) bond motifs is 2. The summed E-state index contributed by atoms with van der Waals surface area (Å²) >= 11 is 0. The van der Waals surface area contributed by atoms with Crippen molar-refractivity contribution < 1.29 is 19.4 Å². The lowest BCUT2D eigenvalue weighted by molar-refractivity contribution is -0.140. The van der Waals surface area contributed by atoms with Crippen molar-refractivity contribution in [3.05, 3.63) is 59.7 Å². The summed E-state index contributed by atoms with van der Waals surface area (Å²) in [7, 11) is 0. The summed E-state index contributed by atoms with van der Waals surface area (Å²) in [6, 6.07) is 14.4. The van der Waals surface area contributed by atoms with Gasteiger partial charge in [0.15, 0.2) is 0 Å². The maximum Gasteiger partial charge on any atom is 0.312 e. The molecule has 21 heavy (non-hydrogen) atoms. The van der Waals surface area contributed by atoms with Gasteiger partial charge in [0.2, 0.25) is 5.91 Å². The van der Waals surface area contributed by atoms with Crippen molar-refractivity contribution in [2.24, 2.45) is 0 Å². The van der Waals surface area contributed by atoms with Gasteiger partial charge in [0.25, 0.3) is 0 Å². The minimum Gasteiger partial charge on any atom is -0.481 e. The van der Waals surface area contributed by atoms with E-state index in [9.17, 15) is 9.59 Å². The van der Waals surface area contributed by atoms with Crippen LogP contribution in [-0.2, 0) is 9.59 Å². The number of hydrogen-bond donors (Lipinski definition) is 2. The molecule has 0 atom stereocenters. The molecule has 0 aromatic heterocycles. The molecule has 0 saturated heterocycles. The molecule has 3 rings (SSSR count). The SMILES string of the molecule is O=C(O)CC(=O)NC1c2ccccc2Oc2ccccc21. The van der Waals surface area contributed by atoms with E-state index < -0.39 is 24.3 Å². The predicted molar refractivity (Wildman–Crippen MR) is 75.2 cm³/mol. The molecule has 0 saturated carbocycles. The molecule has 0 aliphatic carbocycles. The topological polar surface area (TPSA) is 75.6 Å². The quantitative estimate of drug-likeness (QED) is 0.848. The lowest BCUT2D eigenvalue weighted by atomic mass is 9.94. The lowest BCUT2D eigenvalue weighted by Gasteiger charge is -2.28. The third kappa shape index (κ3) is 2.58. The smallest absolute Gasteiger partial charge is 0.312 e. The fourth-order valence-electron chi connectivity index (χ4n) is 2.41. The Labute approximate surface area is 121 Å². The molecule has 0 radical (unpaired) electrons. The van der Waals surface area contributed by atoms with Gasteiger partial charge in [-0.1, -0.05) is 36.4 Å². The predicted octanol–water partition coefficient (Wildman–Crippen LogP) is 2.47. The van der Waals surface area contributed by atoms with Gasteiger partial charge in [-0.25, -0.2) is 0 Å². The van der Waals surface area contributed by atoms with Gasteiger partial charge in [0, 0.05) is 11.1 Å². The number of aliphatic carboxylic acids is 1. The van der Waals surface area contributed by atoms with Gasteiger partial charge in [-0.2, -0.15) is 0 Å². The van der Waals surface area contributed by atoms with Crippen LogP contribution in [0.1, 0.15) is 23.6 Å². The van der Waals surface area contributed by atoms with Crippen LogP contribution in [0.25, 0.3) is 0 Å². The van der Waals surface area contributed by atoms with E-state index in [2.05, 4.69) is 5.32 Å². The maximum atomic E-state index is 11.8. The van der Waals surface area contributed by atoms with Gasteiger partial charge < -0.3 is 15.2 Å². The Hall–Kier alpha value is -2.82. The van der Waals surface area contributed by atoms with Crippen LogP contribution in [0.3, 0.4) is 0 Å². The van der Waals surface area contributed by atoms with Crippen LogP contribution in [0.5, 0.6) is 11.5 Å². The summed E-state index contributed by atoms with van der Waals surface area (Å²) < 4.78 is 5.80. The number of carbonyl (C=O) groups is 2. The maximum absolute atomic E-state index is 11.8. The first-order valence-electron chi connectivity index (χ1n) is 6.52. The Morgan fingerprint density at radius 1 is 1.00 bits per heavy atom. The molecule has 5 heteroatoms. The van der Waals surface area contributed by atoms with Crippen LogP contribution in [-0.4, -0.2) is 17.0 Å². The van der Waals surface area contributed by atoms with Gasteiger partial charge >= 0.3 is 5.97 Å². The Morgan fingerprint density at radius 3 is 2.05 bits per heavy atom. The Morgan fingerprint density at radius 2 is 1.52 bits per heavy atom. The van der Waals surface area contributed by atoms with Crippen molar-refractivity contribution in [3.63, 3.8) is 0 Å². The molecule has 1 aliphatic rings. The van der Waals surface area contributed by atoms with Crippen molar-refractivity contribution in [3.8, 4) is 11.5 Å². The average molecular weight is 283 g/mol. The first-order valence-corrected chi connectivity index (χ1v) is 6.52. The first-order chi connectivity index (χ1) is 10.1. The highest BCUT2D eigenvalue weighted by Gasteiger charge is 2.28. The number of amides is 1. The van der Waals surface area contributed by atoms with Crippen molar-refractivity contribution in [1.29, 1.82) is 0 Å². The van der Waals surface area contributed by atoms with E-state index in [-0.39, 0.29) is 0 Å². The van der Waals surface area contributed by atoms with E-state index in [1.165, 1.54) is 0 Å². The van der Waals surface area contributed by atoms with Crippen molar-refractivity contribution in [2.45, 2.75) is 12.5 Å². The molecule has 0 unspecified atom stereocenters. The zero-order valence-corrected chi connectivity index (χ0v) is 11.1. The Kier molecular flexibility index (Phi) is 3.31. The van der Waals surface area contributed by atoms with Crippen LogP contribution in [0.2, 0.25) is 0 Å². The van der Waals surface area contributed by atoms with E-state index in [0.29, 0.717) is 11.5 Å². The molecule has 2 aromatic carbocycles. The zero-order chi connectivity index (χ0) is 14.8. The Bertz CT molecular complexity index is 665. The highest BCUT2D eigenvalue weighted by molar-refractivity contribution is 5.93. The number of benzene rings is 2. The van der Waals surface area contributed by atoms with Crippen molar-refractivity contribution >= 4 is 11.9 Å². The van der Waals surface area contributed by atoms with Crippen LogP contribution in [0.4, 0.5) is 0 Å². The summed E-state index contributed by atoms with van der Waals surface area (Å²) in [5, 5.41) is 11.5. The molecule has 1 heterocycles. The molecular formula is C16H13NO4. The molecule has 5 nitrogen and oxygen atoms in total. The molecule has 1 amide bonds. The minimum atomic E-state index is -1.15. The van der Waals surface area contributed by atoms with Gasteiger partial charge in [-0.15, -0.1) is 0 Å². The van der Waals surface area contributed by atoms with E-state index in [0.717, 1.165) is 11.1 Å². The number of ether oxygens (including phenoxy) is 1. The third-order valence-electron chi connectivity index (χ3n) is 3.30. The highest BCUT2D eigenvalue weighted by Crippen LogP contribution is 2.42. The fourth-order valence-corrected chi connectivity index (χ4v) is 2.41. The average Bonchev–Trinajstić information content (AvgIpc) is 2.46. The van der Waals surface area contributed by atoms with Gasteiger partial charge in [-0.3, -0.25) is 9.59 Å². The summed E-state index contributed by atoms with van der Waals surface area (Å²) in [5.41, 5.74) is 1.63. The molecule has 2 aromatic rings. The zero-order valence-electron chi connectivity index (χ0n) is 11.1. The lowest BCUT2D eigenvalue weighted by Crippen LogP contribution is -2.32. The molecule has 0 spiro atoms. The van der Waals surface area contributed by atoms with Gasteiger partial charge in [0.05, 0.1) is 6.04 Å². The third-order valence-corrected chi connectivity index (χ3v) is 3.30. The Balaban J connectivity index is 1.98. The molecule has 1 aliphatic heterocycles. The van der Waals surface area contributed by atoms with Crippen molar-refractivity contribution in [1.82, 2.24) is 5.32 Å². The van der Waals surface area contributed by atoms with E-state index in [1.807, 2.05) is 48.5 Å². The molecular weight excluding hydrogens is 270 g/mol. The number of rotatable bonds is 3. The van der Waals surface area contributed by atoms with Crippen LogP contribution >= 0.6 is 0 Å². The van der Waals surface area contributed by atoms with E-state index in [1.54, 1.807) is 0 Å². The normalized spacial score (nSPS) is 12.8. The van der Waals surface area contributed by atoms with Crippen LogP contribution < -0.4 is 10.1 Å². The van der Waals surface area contributed by atoms with E-state index >= 15 is 0 Å².